The molecule has 102 valence electrons. The number of amides is 1. The molecule has 0 atom stereocenters. The van der Waals surface area contributed by atoms with Gasteiger partial charge in [0.05, 0.1) is 23.5 Å². The Bertz CT molecular complexity index is 679. The Balaban J connectivity index is 1.82. The number of imidazole rings is 1. The highest BCUT2D eigenvalue weighted by Gasteiger charge is 2.22. The molecule has 3 rings (SSSR count). The molecule has 2 aromatic rings. The molecule has 1 amide bonds. The number of benzene rings is 1. The third kappa shape index (κ3) is 2.64. The van der Waals surface area contributed by atoms with E-state index in [1.807, 2.05) is 28.8 Å². The molecule has 1 saturated carbocycles. The van der Waals surface area contributed by atoms with E-state index in [4.69, 9.17) is 5.26 Å². The first-order valence-electron chi connectivity index (χ1n) is 6.85. The molecule has 1 heterocycles. The smallest absolute Gasteiger partial charge is 0.240 e. The van der Waals surface area contributed by atoms with E-state index in [-0.39, 0.29) is 18.9 Å². The summed E-state index contributed by atoms with van der Waals surface area (Å²) in [6, 6.07) is 9.75. The fraction of sp³-hybridized carbons (Fsp3) is 0.400. The molecule has 0 aliphatic heterocycles. The van der Waals surface area contributed by atoms with Gasteiger partial charge >= 0.3 is 0 Å². The first-order valence-corrected chi connectivity index (χ1v) is 6.85. The van der Waals surface area contributed by atoms with E-state index in [1.165, 1.54) is 12.8 Å². The van der Waals surface area contributed by atoms with Gasteiger partial charge in [-0.1, -0.05) is 12.1 Å². The van der Waals surface area contributed by atoms with E-state index in [0.29, 0.717) is 11.7 Å². The van der Waals surface area contributed by atoms with Crippen molar-refractivity contribution in [3.63, 3.8) is 0 Å². The van der Waals surface area contributed by atoms with Gasteiger partial charge in [-0.15, -0.1) is 0 Å². The second kappa shape index (κ2) is 5.33. The molecule has 1 aromatic carbocycles. The first kappa shape index (κ1) is 12.7. The van der Waals surface area contributed by atoms with Crippen LogP contribution in [0.5, 0.6) is 0 Å². The Hall–Kier alpha value is -2.35. The molecule has 0 bridgehead atoms. The maximum absolute atomic E-state index is 12.0. The minimum atomic E-state index is -0.0146. The van der Waals surface area contributed by atoms with Gasteiger partial charge in [0.1, 0.15) is 12.4 Å². The summed E-state index contributed by atoms with van der Waals surface area (Å²) < 4.78 is 1.83. The number of hydrogen-bond donors (Lipinski definition) is 1. The number of carbonyl (C=O) groups excluding carboxylic acids is 1. The summed E-state index contributed by atoms with van der Waals surface area (Å²) in [5, 5.41) is 11.8. The molecule has 1 fully saturated rings. The second-order valence-corrected chi connectivity index (χ2v) is 5.19. The summed E-state index contributed by atoms with van der Waals surface area (Å²) in [5.41, 5.74) is 1.73. The van der Waals surface area contributed by atoms with Crippen LogP contribution in [0, 0.1) is 17.2 Å². The number of para-hydroxylation sites is 2. The Morgan fingerprint density at radius 2 is 2.25 bits per heavy atom. The number of aromatic nitrogens is 2. The zero-order valence-corrected chi connectivity index (χ0v) is 11.2. The van der Waals surface area contributed by atoms with Crippen molar-refractivity contribution < 1.29 is 4.79 Å². The lowest BCUT2D eigenvalue weighted by Gasteiger charge is -2.08. The van der Waals surface area contributed by atoms with Crippen molar-refractivity contribution in [2.45, 2.75) is 25.8 Å². The van der Waals surface area contributed by atoms with E-state index >= 15 is 0 Å². The van der Waals surface area contributed by atoms with Crippen LogP contribution in [0.3, 0.4) is 0 Å². The number of fused-ring (bicyclic) bond motifs is 1. The van der Waals surface area contributed by atoms with Crippen molar-refractivity contribution in [2.75, 3.05) is 6.54 Å². The van der Waals surface area contributed by atoms with E-state index in [1.54, 1.807) is 0 Å². The van der Waals surface area contributed by atoms with E-state index in [9.17, 15) is 4.79 Å². The minimum absolute atomic E-state index is 0.0146. The average molecular weight is 268 g/mol. The van der Waals surface area contributed by atoms with Crippen LogP contribution in [0.2, 0.25) is 0 Å². The summed E-state index contributed by atoms with van der Waals surface area (Å²) in [5.74, 6) is 1.30. The minimum Gasteiger partial charge on any atom is -0.354 e. The maximum Gasteiger partial charge on any atom is 0.240 e. The average Bonchev–Trinajstić information content (AvgIpc) is 3.22. The molecular formula is C15H16N4O. The largest absolute Gasteiger partial charge is 0.354 e. The molecule has 0 saturated heterocycles. The van der Waals surface area contributed by atoms with Crippen molar-refractivity contribution in [2.24, 2.45) is 5.92 Å². The second-order valence-electron chi connectivity index (χ2n) is 5.19. The van der Waals surface area contributed by atoms with Crippen LogP contribution in [0.25, 0.3) is 11.0 Å². The van der Waals surface area contributed by atoms with Gasteiger partial charge in [-0.05, 0) is 30.9 Å². The predicted molar refractivity (Wildman–Crippen MR) is 74.8 cm³/mol. The molecular weight excluding hydrogens is 252 g/mol. The number of carbonyl (C=O) groups is 1. The van der Waals surface area contributed by atoms with Crippen LogP contribution in [-0.4, -0.2) is 22.0 Å². The Kier molecular flexibility index (Phi) is 3.38. The van der Waals surface area contributed by atoms with Crippen molar-refractivity contribution >= 4 is 16.9 Å². The fourth-order valence-corrected chi connectivity index (χ4v) is 2.29. The number of nitriles is 1. The highest BCUT2D eigenvalue weighted by Crippen LogP contribution is 2.27. The first-order chi connectivity index (χ1) is 9.78. The van der Waals surface area contributed by atoms with Gasteiger partial charge in [0.25, 0.3) is 0 Å². The number of hydrogen-bond acceptors (Lipinski definition) is 3. The van der Waals surface area contributed by atoms with Crippen molar-refractivity contribution in [3.05, 3.63) is 30.1 Å². The summed E-state index contributed by atoms with van der Waals surface area (Å²) >= 11 is 0. The van der Waals surface area contributed by atoms with E-state index in [2.05, 4.69) is 16.4 Å². The van der Waals surface area contributed by atoms with Crippen molar-refractivity contribution in [1.82, 2.24) is 14.9 Å². The van der Waals surface area contributed by atoms with Gasteiger partial charge in [0.15, 0.2) is 0 Å². The van der Waals surface area contributed by atoms with E-state index in [0.717, 1.165) is 17.6 Å². The molecule has 20 heavy (non-hydrogen) atoms. The normalized spacial score (nSPS) is 14.2. The molecule has 1 aliphatic rings. The number of rotatable bonds is 5. The third-order valence-corrected chi connectivity index (χ3v) is 3.56. The van der Waals surface area contributed by atoms with Crippen molar-refractivity contribution in [3.8, 4) is 6.07 Å². The Labute approximate surface area is 117 Å². The van der Waals surface area contributed by atoms with Gasteiger partial charge in [-0.2, -0.15) is 5.26 Å². The topological polar surface area (TPSA) is 70.7 Å². The third-order valence-electron chi connectivity index (χ3n) is 3.56. The molecule has 5 heteroatoms. The Morgan fingerprint density at radius 1 is 1.45 bits per heavy atom. The van der Waals surface area contributed by atoms with Crippen LogP contribution in [-0.2, 0) is 17.8 Å². The molecule has 0 unspecified atom stereocenters. The van der Waals surface area contributed by atoms with Crippen LogP contribution in [0.1, 0.15) is 18.7 Å². The van der Waals surface area contributed by atoms with Gasteiger partial charge < -0.3 is 9.88 Å². The van der Waals surface area contributed by atoms with Crippen LogP contribution in [0.4, 0.5) is 0 Å². The van der Waals surface area contributed by atoms with Crippen LogP contribution >= 0.6 is 0 Å². The summed E-state index contributed by atoms with van der Waals surface area (Å²) in [6.45, 7) is 0.989. The molecule has 1 N–H and O–H groups in total. The summed E-state index contributed by atoms with van der Waals surface area (Å²) in [7, 11) is 0. The lowest BCUT2D eigenvalue weighted by Crippen LogP contribution is -2.29. The molecule has 1 aromatic heterocycles. The quantitative estimate of drug-likeness (QED) is 0.896. The number of nitrogens with zero attached hydrogens (tertiary/aromatic N) is 3. The zero-order valence-electron chi connectivity index (χ0n) is 11.2. The highest BCUT2D eigenvalue weighted by atomic mass is 16.1. The van der Waals surface area contributed by atoms with Gasteiger partial charge in [-0.25, -0.2) is 4.98 Å². The van der Waals surface area contributed by atoms with Gasteiger partial charge in [0, 0.05) is 6.54 Å². The predicted octanol–water partition coefficient (Wildman–Crippen LogP) is 1.63. The highest BCUT2D eigenvalue weighted by molar-refractivity contribution is 5.81. The lowest BCUT2D eigenvalue weighted by atomic mass is 10.3. The van der Waals surface area contributed by atoms with Gasteiger partial charge in [0.2, 0.25) is 5.91 Å². The molecule has 0 spiro atoms. The summed E-state index contributed by atoms with van der Waals surface area (Å²) in [4.78, 5) is 16.4. The molecule has 1 aliphatic carbocycles. The van der Waals surface area contributed by atoms with Crippen molar-refractivity contribution in [1.29, 1.82) is 5.26 Å². The van der Waals surface area contributed by atoms with Crippen LogP contribution < -0.4 is 5.32 Å². The molecule has 5 nitrogen and oxygen atoms in total. The Morgan fingerprint density at radius 3 is 3.00 bits per heavy atom. The monoisotopic (exact) mass is 268 g/mol. The van der Waals surface area contributed by atoms with Gasteiger partial charge in [-0.3, -0.25) is 4.79 Å². The molecule has 0 radical (unpaired) electrons. The standard InChI is InChI=1S/C15H16N4O/c16-8-7-14-18-12-3-1-2-4-13(12)19(14)10-15(20)17-9-11-5-6-11/h1-4,11H,5-7,9-10H2,(H,17,20). The number of nitrogens with one attached hydrogen (secondary N) is 1. The maximum atomic E-state index is 12.0. The van der Waals surface area contributed by atoms with E-state index < -0.39 is 0 Å². The summed E-state index contributed by atoms with van der Waals surface area (Å²) in [6.07, 6.45) is 2.65. The lowest BCUT2D eigenvalue weighted by molar-refractivity contribution is -0.121. The zero-order chi connectivity index (χ0) is 13.9. The fourth-order valence-electron chi connectivity index (χ4n) is 2.29. The SMILES string of the molecule is N#CCc1nc2ccccc2n1CC(=O)NCC1CC1. The van der Waals surface area contributed by atoms with Crippen LogP contribution in [0.15, 0.2) is 24.3 Å².